The molecule has 0 spiro atoms. The number of aromatic nitrogens is 10. The summed E-state index contributed by atoms with van der Waals surface area (Å²) >= 11 is 5.97. The van der Waals surface area contributed by atoms with Crippen LogP contribution in [-0.2, 0) is 13.1 Å². The summed E-state index contributed by atoms with van der Waals surface area (Å²) in [5, 5.41) is 20.6. The van der Waals surface area contributed by atoms with Crippen LogP contribution in [-0.4, -0.2) is 98.8 Å². The molecular weight excluding hydrogens is 698 g/mol. The first-order valence-electron chi connectivity index (χ1n) is 18.9. The molecule has 2 aliphatic rings. The van der Waals surface area contributed by atoms with Crippen LogP contribution in [0.4, 0.5) is 11.6 Å². The average molecular weight is 742 g/mol. The molecular formula is C40H44ClN13. The summed E-state index contributed by atoms with van der Waals surface area (Å²) < 4.78 is 4.04. The number of hydrogen-bond acceptors (Lipinski definition) is 11. The molecule has 2 saturated heterocycles. The van der Waals surface area contributed by atoms with Crippen molar-refractivity contribution in [3.05, 3.63) is 97.1 Å². The molecule has 0 saturated carbocycles. The van der Waals surface area contributed by atoms with E-state index in [-0.39, 0.29) is 0 Å². The lowest BCUT2D eigenvalue weighted by Crippen LogP contribution is -2.21. The topological polar surface area (TPSA) is 131 Å². The summed E-state index contributed by atoms with van der Waals surface area (Å²) in [7, 11) is 0. The maximum Gasteiger partial charge on any atom is 0.154 e. The van der Waals surface area contributed by atoms with E-state index in [1.807, 2.05) is 70.5 Å². The lowest BCUT2D eigenvalue weighted by atomic mass is 10.1. The van der Waals surface area contributed by atoms with E-state index in [0.29, 0.717) is 16.8 Å². The Kier molecular flexibility index (Phi) is 11.3. The van der Waals surface area contributed by atoms with Crippen molar-refractivity contribution in [3.63, 3.8) is 0 Å². The zero-order valence-electron chi connectivity index (χ0n) is 30.3. The Balaban J connectivity index is 0.000000157. The number of aryl methyl sites for hydroxylation is 2. The Morgan fingerprint density at radius 1 is 0.574 bits per heavy atom. The van der Waals surface area contributed by atoms with Crippen molar-refractivity contribution in [1.82, 2.24) is 59.5 Å². The molecule has 14 heteroatoms. The van der Waals surface area contributed by atoms with E-state index >= 15 is 0 Å². The second-order valence-electron chi connectivity index (χ2n) is 13.9. The van der Waals surface area contributed by atoms with Crippen molar-refractivity contribution in [3.8, 4) is 22.3 Å². The van der Waals surface area contributed by atoms with Crippen molar-refractivity contribution in [1.29, 1.82) is 0 Å². The van der Waals surface area contributed by atoms with E-state index in [0.717, 1.165) is 83.3 Å². The van der Waals surface area contributed by atoms with Gasteiger partial charge >= 0.3 is 0 Å². The maximum atomic E-state index is 5.97. The smallest absolute Gasteiger partial charge is 0.154 e. The standard InChI is InChI=1S/C22H24N8.C18H20ClN5/c1-2-10-29(9-1)11-4-12-30-16-18(15-25-30)17-13-20-19(23-14-17)6-7-21(26-20)27-22-5-3-8-24-28-22;19-18-5-4-16-17(22-18)10-14(11-20-16)15-12-21-24(13-15)9-3-8-23-6-1-2-7-23/h3,5-8,13-16H,1-2,4,9-12H2,(H,26,27,28);4-5,10-13H,1-3,6-9H2. The maximum absolute atomic E-state index is 5.97. The van der Waals surface area contributed by atoms with E-state index in [1.54, 1.807) is 12.3 Å². The largest absolute Gasteiger partial charge is 0.323 e. The number of hydrogen-bond donors (Lipinski definition) is 1. The molecule has 0 unspecified atom stereocenters. The Hall–Kier alpha value is -5.37. The fraction of sp³-hybridized carbons (Fsp3) is 0.350. The predicted molar refractivity (Wildman–Crippen MR) is 212 cm³/mol. The van der Waals surface area contributed by atoms with Gasteiger partial charge in [-0.25, -0.2) is 9.97 Å². The van der Waals surface area contributed by atoms with Gasteiger partial charge in [0.05, 0.1) is 34.5 Å². The van der Waals surface area contributed by atoms with Gasteiger partial charge in [-0.2, -0.15) is 15.3 Å². The van der Waals surface area contributed by atoms with Gasteiger partial charge in [-0.3, -0.25) is 19.3 Å². The highest BCUT2D eigenvalue weighted by Gasteiger charge is 2.13. The van der Waals surface area contributed by atoms with Gasteiger partial charge in [0.15, 0.2) is 5.82 Å². The minimum absolute atomic E-state index is 0.485. The van der Waals surface area contributed by atoms with Crippen LogP contribution in [0, 0.1) is 0 Å². The minimum Gasteiger partial charge on any atom is -0.323 e. The second-order valence-corrected chi connectivity index (χ2v) is 14.3. The Morgan fingerprint density at radius 2 is 1.15 bits per heavy atom. The van der Waals surface area contributed by atoms with E-state index in [2.05, 4.69) is 73.9 Å². The molecule has 9 heterocycles. The molecule has 0 bridgehead atoms. The Labute approximate surface area is 319 Å². The second kappa shape index (κ2) is 17.2. The van der Waals surface area contributed by atoms with Gasteiger partial charge in [-0.15, -0.1) is 5.10 Å². The summed E-state index contributed by atoms with van der Waals surface area (Å²) in [6.45, 7) is 9.18. The zero-order valence-corrected chi connectivity index (χ0v) is 31.1. The van der Waals surface area contributed by atoms with Crippen molar-refractivity contribution < 1.29 is 0 Å². The highest BCUT2D eigenvalue weighted by atomic mass is 35.5. The van der Waals surface area contributed by atoms with Crippen LogP contribution >= 0.6 is 11.6 Å². The summed E-state index contributed by atoms with van der Waals surface area (Å²) in [4.78, 5) is 23.1. The van der Waals surface area contributed by atoms with Gasteiger partial charge in [0, 0.05) is 66.3 Å². The first kappa shape index (κ1) is 35.6. The van der Waals surface area contributed by atoms with Crippen molar-refractivity contribution >= 4 is 45.3 Å². The molecule has 13 nitrogen and oxygen atoms in total. The number of pyridine rings is 4. The molecule has 276 valence electrons. The molecule has 0 radical (unpaired) electrons. The number of likely N-dealkylation sites (tertiary alicyclic amines) is 2. The summed E-state index contributed by atoms with van der Waals surface area (Å²) in [6, 6.07) is 15.2. The molecule has 0 atom stereocenters. The van der Waals surface area contributed by atoms with Crippen LogP contribution in [0.15, 0.2) is 91.9 Å². The molecule has 0 aromatic carbocycles. The quantitative estimate of drug-likeness (QED) is 0.128. The zero-order chi connectivity index (χ0) is 36.5. The number of nitrogens with one attached hydrogen (secondary N) is 1. The van der Waals surface area contributed by atoms with Crippen LogP contribution in [0.3, 0.4) is 0 Å². The van der Waals surface area contributed by atoms with E-state index in [9.17, 15) is 0 Å². The molecule has 0 aliphatic carbocycles. The van der Waals surface area contributed by atoms with Gasteiger partial charge in [0.2, 0.25) is 0 Å². The van der Waals surface area contributed by atoms with Crippen molar-refractivity contribution in [2.45, 2.75) is 51.6 Å². The van der Waals surface area contributed by atoms with Gasteiger partial charge in [0.25, 0.3) is 0 Å². The van der Waals surface area contributed by atoms with Crippen molar-refractivity contribution in [2.24, 2.45) is 0 Å². The van der Waals surface area contributed by atoms with Crippen LogP contribution in [0.25, 0.3) is 44.3 Å². The number of nitrogens with zero attached hydrogens (tertiary/aromatic N) is 12. The van der Waals surface area contributed by atoms with Crippen LogP contribution in [0.1, 0.15) is 38.5 Å². The minimum atomic E-state index is 0.485. The first-order chi connectivity index (χ1) is 26.6. The van der Waals surface area contributed by atoms with Gasteiger partial charge in [0.1, 0.15) is 11.0 Å². The van der Waals surface area contributed by atoms with Gasteiger partial charge in [-0.1, -0.05) is 11.6 Å². The fourth-order valence-corrected chi connectivity index (χ4v) is 7.22. The Morgan fingerprint density at radius 3 is 1.72 bits per heavy atom. The van der Waals surface area contributed by atoms with Crippen LogP contribution in [0.2, 0.25) is 5.15 Å². The average Bonchev–Trinajstić information content (AvgIpc) is 4.05. The van der Waals surface area contributed by atoms with Gasteiger partial charge in [-0.05, 0) is 126 Å². The highest BCUT2D eigenvalue weighted by molar-refractivity contribution is 6.29. The summed E-state index contributed by atoms with van der Waals surface area (Å²) in [5.41, 5.74) is 7.47. The fourth-order valence-electron chi connectivity index (χ4n) is 7.07. The Bertz CT molecular complexity index is 2280. The number of halogens is 1. The third-order valence-electron chi connectivity index (χ3n) is 9.92. The molecule has 2 aliphatic heterocycles. The number of fused-ring (bicyclic) bond motifs is 2. The number of anilines is 2. The van der Waals surface area contributed by atoms with E-state index < -0.39 is 0 Å². The number of rotatable bonds is 12. The molecule has 0 amide bonds. The molecule has 7 aromatic rings. The van der Waals surface area contributed by atoms with E-state index in [1.165, 1.54) is 51.9 Å². The lowest BCUT2D eigenvalue weighted by Gasteiger charge is -2.13. The molecule has 7 aromatic heterocycles. The molecule has 1 N–H and O–H groups in total. The highest BCUT2D eigenvalue weighted by Crippen LogP contribution is 2.25. The van der Waals surface area contributed by atoms with Gasteiger partial charge < -0.3 is 15.1 Å². The van der Waals surface area contributed by atoms with Crippen molar-refractivity contribution in [2.75, 3.05) is 44.6 Å². The normalized spacial score (nSPS) is 14.8. The van der Waals surface area contributed by atoms with E-state index in [4.69, 9.17) is 11.6 Å². The molecule has 2 fully saturated rings. The lowest BCUT2D eigenvalue weighted by molar-refractivity contribution is 0.322. The third kappa shape index (κ3) is 9.22. The van der Waals surface area contributed by atoms with Crippen LogP contribution in [0.5, 0.6) is 0 Å². The SMILES string of the molecule is Clc1ccc2ncc(-c3cnn(CCCN4CCCC4)c3)cc2n1.c1cnnc(Nc2ccc3ncc(-c4cnn(CCCN5CCCC5)c4)cc3n2)c1. The molecule has 54 heavy (non-hydrogen) atoms. The monoisotopic (exact) mass is 741 g/mol. The van der Waals surface area contributed by atoms with Crippen LogP contribution < -0.4 is 5.32 Å². The predicted octanol–water partition coefficient (Wildman–Crippen LogP) is 7.15. The first-order valence-corrected chi connectivity index (χ1v) is 19.2. The molecule has 9 rings (SSSR count). The third-order valence-corrected chi connectivity index (χ3v) is 10.1. The summed E-state index contributed by atoms with van der Waals surface area (Å²) in [5.74, 6) is 1.36. The summed E-state index contributed by atoms with van der Waals surface area (Å²) in [6.07, 6.45) is 21.0.